The van der Waals surface area contributed by atoms with Crippen LogP contribution in [0.5, 0.6) is 0 Å². The van der Waals surface area contributed by atoms with Gasteiger partial charge in [0.05, 0.1) is 0 Å². The minimum absolute atomic E-state index is 0.0331. The molecule has 244 valence electrons. The lowest BCUT2D eigenvalue weighted by molar-refractivity contribution is 0.661. The van der Waals surface area contributed by atoms with Crippen LogP contribution >= 0.6 is 11.3 Å². The number of thiophene rings is 1. The normalized spacial score (nSPS) is 13.3. The van der Waals surface area contributed by atoms with Crippen LogP contribution in [0.1, 0.15) is 25.0 Å². The largest absolute Gasteiger partial charge is 0.135 e. The van der Waals surface area contributed by atoms with Gasteiger partial charge < -0.3 is 0 Å². The second-order valence-electron chi connectivity index (χ2n) is 14.9. The molecule has 9 aromatic carbocycles. The Morgan fingerprint density at radius 2 is 0.846 bits per heavy atom. The Labute approximate surface area is 307 Å². The lowest BCUT2D eigenvalue weighted by Crippen LogP contribution is -2.14. The Bertz CT molecular complexity index is 3030. The van der Waals surface area contributed by atoms with Crippen molar-refractivity contribution >= 4 is 63.8 Å². The zero-order valence-corrected chi connectivity index (χ0v) is 29.9. The summed E-state index contributed by atoms with van der Waals surface area (Å²) in [6.45, 7) is 4.73. The molecule has 1 aromatic heterocycles. The van der Waals surface area contributed by atoms with Gasteiger partial charge in [0.2, 0.25) is 0 Å². The van der Waals surface area contributed by atoms with Crippen LogP contribution in [0.15, 0.2) is 170 Å². The third kappa shape index (κ3) is 4.27. The molecule has 1 aliphatic carbocycles. The van der Waals surface area contributed by atoms with E-state index in [1.165, 1.54) is 108 Å². The summed E-state index contributed by atoms with van der Waals surface area (Å²) >= 11 is 1.87. The topological polar surface area (TPSA) is 0 Å². The maximum absolute atomic E-state index is 2.42. The monoisotopic (exact) mass is 678 g/mol. The van der Waals surface area contributed by atoms with E-state index in [4.69, 9.17) is 0 Å². The molecule has 1 heterocycles. The van der Waals surface area contributed by atoms with Gasteiger partial charge >= 0.3 is 0 Å². The summed E-state index contributed by atoms with van der Waals surface area (Å²) in [5.41, 5.74) is 13.1. The molecule has 0 radical (unpaired) electrons. The zero-order valence-electron chi connectivity index (χ0n) is 29.1. The van der Waals surface area contributed by atoms with Crippen molar-refractivity contribution in [3.63, 3.8) is 0 Å². The fourth-order valence-corrected chi connectivity index (χ4v) is 10.2. The Hall–Kier alpha value is -6.02. The molecule has 11 rings (SSSR count). The Kier molecular flexibility index (Phi) is 6.27. The minimum Gasteiger partial charge on any atom is -0.135 e. The number of benzene rings is 9. The third-order valence-electron chi connectivity index (χ3n) is 11.6. The third-order valence-corrected chi connectivity index (χ3v) is 12.8. The van der Waals surface area contributed by atoms with Gasteiger partial charge in [0.25, 0.3) is 0 Å². The van der Waals surface area contributed by atoms with Crippen LogP contribution in [0, 0.1) is 0 Å². The van der Waals surface area contributed by atoms with Crippen LogP contribution < -0.4 is 0 Å². The molecule has 0 spiro atoms. The van der Waals surface area contributed by atoms with E-state index in [1.807, 2.05) is 11.3 Å². The SMILES string of the molecule is CC1(C)c2ccc(-c3ccc(-c4c5ccccc5c(-c5ccc6sc7ccccc7c6c5)c5ccccc45)cc3)cc2-c2cc3ccccc3cc21. The van der Waals surface area contributed by atoms with Gasteiger partial charge in [-0.05, 0) is 124 Å². The van der Waals surface area contributed by atoms with Gasteiger partial charge in [0, 0.05) is 25.6 Å². The Morgan fingerprint density at radius 3 is 1.54 bits per heavy atom. The summed E-state index contributed by atoms with van der Waals surface area (Å²) < 4.78 is 2.67. The maximum atomic E-state index is 2.42. The van der Waals surface area contributed by atoms with Crippen molar-refractivity contribution in [1.82, 2.24) is 0 Å². The van der Waals surface area contributed by atoms with Crippen LogP contribution in [-0.2, 0) is 5.41 Å². The highest BCUT2D eigenvalue weighted by molar-refractivity contribution is 7.25. The van der Waals surface area contributed by atoms with Gasteiger partial charge in [-0.3, -0.25) is 0 Å². The highest BCUT2D eigenvalue weighted by atomic mass is 32.1. The first-order valence-corrected chi connectivity index (χ1v) is 19.0. The van der Waals surface area contributed by atoms with E-state index in [0.29, 0.717) is 0 Å². The van der Waals surface area contributed by atoms with Crippen LogP contribution in [0.3, 0.4) is 0 Å². The van der Waals surface area contributed by atoms with E-state index in [-0.39, 0.29) is 5.41 Å². The van der Waals surface area contributed by atoms with Crippen LogP contribution in [0.25, 0.3) is 97.0 Å². The summed E-state index contributed by atoms with van der Waals surface area (Å²) in [7, 11) is 0. The summed E-state index contributed by atoms with van der Waals surface area (Å²) in [5, 5.41) is 10.4. The molecule has 0 saturated heterocycles. The van der Waals surface area contributed by atoms with Crippen molar-refractivity contribution in [2.75, 3.05) is 0 Å². The van der Waals surface area contributed by atoms with Crippen LogP contribution in [0.2, 0.25) is 0 Å². The summed E-state index contributed by atoms with van der Waals surface area (Å²) in [4.78, 5) is 0. The molecule has 52 heavy (non-hydrogen) atoms. The van der Waals surface area contributed by atoms with Crippen LogP contribution in [-0.4, -0.2) is 0 Å². The first-order chi connectivity index (χ1) is 25.5. The van der Waals surface area contributed by atoms with E-state index >= 15 is 0 Å². The van der Waals surface area contributed by atoms with Crippen molar-refractivity contribution in [3.8, 4) is 44.5 Å². The number of hydrogen-bond donors (Lipinski definition) is 0. The quantitative estimate of drug-likeness (QED) is 0.163. The van der Waals surface area contributed by atoms with E-state index < -0.39 is 0 Å². The molecule has 0 aliphatic heterocycles. The van der Waals surface area contributed by atoms with Crippen LogP contribution in [0.4, 0.5) is 0 Å². The molecule has 1 heteroatoms. The molecule has 10 aromatic rings. The van der Waals surface area contributed by atoms with E-state index in [1.54, 1.807) is 0 Å². The van der Waals surface area contributed by atoms with Gasteiger partial charge in [-0.15, -0.1) is 11.3 Å². The maximum Gasteiger partial charge on any atom is 0.0355 e. The van der Waals surface area contributed by atoms with E-state index in [2.05, 4.69) is 184 Å². The van der Waals surface area contributed by atoms with Gasteiger partial charge in [-0.2, -0.15) is 0 Å². The molecule has 0 nitrogen and oxygen atoms in total. The van der Waals surface area contributed by atoms with E-state index in [9.17, 15) is 0 Å². The number of rotatable bonds is 3. The zero-order chi connectivity index (χ0) is 34.6. The highest BCUT2D eigenvalue weighted by Gasteiger charge is 2.35. The Morgan fingerprint density at radius 1 is 0.346 bits per heavy atom. The predicted octanol–water partition coefficient (Wildman–Crippen LogP) is 14.8. The Balaban J connectivity index is 1.05. The van der Waals surface area contributed by atoms with Crippen molar-refractivity contribution < 1.29 is 0 Å². The molecule has 0 fully saturated rings. The molecule has 0 N–H and O–H groups in total. The number of hydrogen-bond acceptors (Lipinski definition) is 1. The lowest BCUT2D eigenvalue weighted by Gasteiger charge is -2.22. The molecule has 0 amide bonds. The molecule has 0 atom stereocenters. The molecular formula is C51H34S. The van der Waals surface area contributed by atoms with Crippen molar-refractivity contribution in [2.24, 2.45) is 0 Å². The summed E-state index contributed by atoms with van der Waals surface area (Å²) in [6.07, 6.45) is 0. The van der Waals surface area contributed by atoms with Gasteiger partial charge in [0.15, 0.2) is 0 Å². The fraction of sp³-hybridized carbons (Fsp3) is 0.0588. The second-order valence-corrected chi connectivity index (χ2v) is 15.9. The molecule has 0 bridgehead atoms. The first-order valence-electron chi connectivity index (χ1n) is 18.2. The lowest BCUT2D eigenvalue weighted by atomic mass is 9.81. The second kappa shape index (κ2) is 11.0. The highest BCUT2D eigenvalue weighted by Crippen LogP contribution is 2.51. The van der Waals surface area contributed by atoms with Crippen molar-refractivity contribution in [3.05, 3.63) is 181 Å². The smallest absolute Gasteiger partial charge is 0.0355 e. The van der Waals surface area contributed by atoms with Crippen molar-refractivity contribution in [2.45, 2.75) is 19.3 Å². The average Bonchev–Trinajstić information content (AvgIpc) is 3.67. The molecule has 0 saturated carbocycles. The summed E-state index contributed by atoms with van der Waals surface area (Å²) in [5.74, 6) is 0. The molecule has 0 unspecified atom stereocenters. The summed E-state index contributed by atoms with van der Waals surface area (Å²) in [6, 6.07) is 63.7. The molecule has 1 aliphatic rings. The molecular weight excluding hydrogens is 645 g/mol. The fourth-order valence-electron chi connectivity index (χ4n) is 9.08. The number of fused-ring (bicyclic) bond motifs is 9. The minimum atomic E-state index is -0.0331. The first kappa shape index (κ1) is 29.7. The van der Waals surface area contributed by atoms with Crippen molar-refractivity contribution in [1.29, 1.82) is 0 Å². The van der Waals surface area contributed by atoms with E-state index in [0.717, 1.165) is 0 Å². The average molecular weight is 679 g/mol. The predicted molar refractivity (Wildman–Crippen MR) is 226 cm³/mol. The standard InChI is InChI=1S/C51H34S/c1-51(2)45-25-23-35(28-42(45)43-27-33-11-3-4-12-34(33)30-46(43)51)31-19-21-32(22-20-31)49-38-14-5-7-16-40(38)50(41-17-8-6-15-39(41)49)36-24-26-48-44(29-36)37-13-9-10-18-47(37)52-48/h3-30H,1-2H3. The van der Waals surface area contributed by atoms with Gasteiger partial charge in [0.1, 0.15) is 0 Å². The van der Waals surface area contributed by atoms with Gasteiger partial charge in [-0.1, -0.05) is 147 Å². The van der Waals surface area contributed by atoms with Gasteiger partial charge in [-0.25, -0.2) is 0 Å².